The van der Waals surface area contributed by atoms with Crippen LogP contribution in [0.3, 0.4) is 0 Å². The number of aliphatic hydroxyl groups excluding tert-OH is 1. The number of hydrogen-bond donors (Lipinski definition) is 1. The lowest BCUT2D eigenvalue weighted by atomic mass is 10.1. The summed E-state index contributed by atoms with van der Waals surface area (Å²) < 4.78 is 2.00. The van der Waals surface area contributed by atoms with E-state index in [9.17, 15) is 10.4 Å². The van der Waals surface area contributed by atoms with Crippen molar-refractivity contribution in [3.8, 4) is 6.07 Å². The molecule has 4 heteroatoms. The lowest BCUT2D eigenvalue weighted by molar-refractivity contribution is 0.136. The van der Waals surface area contributed by atoms with Crippen molar-refractivity contribution >= 4 is 5.52 Å². The fraction of sp³-hybridized carbons (Fsp3) is 0.471. The molecule has 2 rings (SSSR count). The van der Waals surface area contributed by atoms with Crippen molar-refractivity contribution in [2.24, 2.45) is 0 Å². The van der Waals surface area contributed by atoms with Gasteiger partial charge in [0.15, 0.2) is 0 Å². The van der Waals surface area contributed by atoms with Gasteiger partial charge in [0, 0.05) is 37.1 Å². The molecule has 0 aliphatic carbocycles. The number of aliphatic hydroxyl groups is 1. The zero-order valence-corrected chi connectivity index (χ0v) is 12.8. The first-order chi connectivity index (χ1) is 10.2. The Morgan fingerprint density at radius 3 is 2.71 bits per heavy atom. The fourth-order valence-electron chi connectivity index (χ4n) is 2.97. The summed E-state index contributed by atoms with van der Waals surface area (Å²) in [5.41, 5.74) is 2.72. The van der Waals surface area contributed by atoms with Gasteiger partial charge in [-0.2, -0.15) is 5.26 Å². The highest BCUT2D eigenvalue weighted by atomic mass is 16.3. The molecule has 0 aliphatic heterocycles. The highest BCUT2D eigenvalue weighted by Crippen LogP contribution is 2.21. The van der Waals surface area contributed by atoms with Crippen molar-refractivity contribution in [3.63, 3.8) is 0 Å². The second-order valence-electron chi connectivity index (χ2n) is 5.30. The number of pyridine rings is 1. The predicted molar refractivity (Wildman–Crippen MR) is 84.0 cm³/mol. The van der Waals surface area contributed by atoms with Crippen molar-refractivity contribution in [1.82, 2.24) is 9.30 Å². The van der Waals surface area contributed by atoms with Gasteiger partial charge in [-0.05, 0) is 25.0 Å². The van der Waals surface area contributed by atoms with Crippen LogP contribution in [0.25, 0.3) is 5.52 Å². The zero-order chi connectivity index (χ0) is 15.2. The molecule has 0 aliphatic rings. The molecule has 0 saturated carbocycles. The van der Waals surface area contributed by atoms with Gasteiger partial charge < -0.3 is 9.51 Å². The molecule has 21 heavy (non-hydrogen) atoms. The molecule has 0 atom stereocenters. The minimum atomic E-state index is 0.145. The lowest BCUT2D eigenvalue weighted by Crippen LogP contribution is -2.36. The minimum Gasteiger partial charge on any atom is -0.395 e. The summed E-state index contributed by atoms with van der Waals surface area (Å²) in [7, 11) is 0. The van der Waals surface area contributed by atoms with E-state index in [0.29, 0.717) is 19.1 Å². The molecule has 0 saturated heterocycles. The van der Waals surface area contributed by atoms with E-state index in [2.05, 4.69) is 24.8 Å². The summed E-state index contributed by atoms with van der Waals surface area (Å²) in [5.74, 6) is 0. The van der Waals surface area contributed by atoms with Crippen LogP contribution in [0.4, 0.5) is 0 Å². The molecule has 0 radical (unpaired) electrons. The Morgan fingerprint density at radius 1 is 1.33 bits per heavy atom. The van der Waals surface area contributed by atoms with Crippen LogP contribution in [0.1, 0.15) is 37.8 Å². The smallest absolute Gasteiger partial charge is 0.102 e. The number of rotatable bonds is 7. The summed E-state index contributed by atoms with van der Waals surface area (Å²) in [6.07, 6.45) is 6.09. The van der Waals surface area contributed by atoms with E-state index >= 15 is 0 Å². The second-order valence-corrected chi connectivity index (χ2v) is 5.30. The molecule has 0 aromatic carbocycles. The molecule has 2 aromatic rings. The summed E-state index contributed by atoms with van der Waals surface area (Å²) in [6, 6.07) is 8.65. The lowest BCUT2D eigenvalue weighted by Gasteiger charge is -2.29. The SMILES string of the molecule is CCC(CC)N(CCO)Cc1cn2ccccc2c1C#N. The van der Waals surface area contributed by atoms with E-state index in [-0.39, 0.29) is 6.61 Å². The van der Waals surface area contributed by atoms with Crippen LogP contribution < -0.4 is 0 Å². The Bertz CT molecular complexity index is 622. The summed E-state index contributed by atoms with van der Waals surface area (Å²) >= 11 is 0. The van der Waals surface area contributed by atoms with Crippen LogP contribution in [0.5, 0.6) is 0 Å². The van der Waals surface area contributed by atoms with Crippen LogP contribution in [-0.2, 0) is 6.54 Å². The average molecular weight is 285 g/mol. The quantitative estimate of drug-likeness (QED) is 0.851. The highest BCUT2D eigenvalue weighted by molar-refractivity contribution is 5.65. The number of aromatic nitrogens is 1. The predicted octanol–water partition coefficient (Wildman–Crippen LogP) is 2.79. The normalized spacial score (nSPS) is 11.4. The zero-order valence-electron chi connectivity index (χ0n) is 12.8. The Labute approximate surface area is 126 Å². The van der Waals surface area contributed by atoms with E-state index in [1.165, 1.54) is 0 Å². The first-order valence-electron chi connectivity index (χ1n) is 7.58. The summed E-state index contributed by atoms with van der Waals surface area (Å²) in [4.78, 5) is 2.27. The van der Waals surface area contributed by atoms with Crippen LogP contribution in [0, 0.1) is 11.3 Å². The molecule has 1 N–H and O–H groups in total. The topological polar surface area (TPSA) is 51.7 Å². The van der Waals surface area contributed by atoms with Crippen LogP contribution in [-0.4, -0.2) is 33.6 Å². The van der Waals surface area contributed by atoms with E-state index in [4.69, 9.17) is 0 Å². The number of nitrogens with zero attached hydrogens (tertiary/aromatic N) is 3. The number of nitriles is 1. The highest BCUT2D eigenvalue weighted by Gasteiger charge is 2.18. The van der Waals surface area contributed by atoms with Gasteiger partial charge in [0.2, 0.25) is 0 Å². The van der Waals surface area contributed by atoms with Crippen LogP contribution in [0.2, 0.25) is 0 Å². The molecule has 112 valence electrons. The molecule has 0 bridgehead atoms. The monoisotopic (exact) mass is 285 g/mol. The van der Waals surface area contributed by atoms with Crippen molar-refractivity contribution in [2.45, 2.75) is 39.3 Å². The first kappa shape index (κ1) is 15.6. The fourth-order valence-corrected chi connectivity index (χ4v) is 2.97. The van der Waals surface area contributed by atoms with E-state index in [0.717, 1.165) is 29.5 Å². The standard InChI is InChI=1S/C17H23N3O/c1-3-15(4-2)19(9-10-21)12-14-13-20-8-6-5-7-17(20)16(14)11-18/h5-8,13,15,21H,3-4,9-10,12H2,1-2H3. The molecule has 2 heterocycles. The minimum absolute atomic E-state index is 0.145. The number of fused-ring (bicyclic) bond motifs is 1. The third-order valence-electron chi connectivity index (χ3n) is 4.09. The summed E-state index contributed by atoms with van der Waals surface area (Å²) in [6.45, 7) is 5.83. The van der Waals surface area contributed by atoms with Gasteiger partial charge in [-0.15, -0.1) is 0 Å². The first-order valence-corrected chi connectivity index (χ1v) is 7.58. The van der Waals surface area contributed by atoms with Crippen molar-refractivity contribution < 1.29 is 5.11 Å². The summed E-state index contributed by atoms with van der Waals surface area (Å²) in [5, 5.41) is 18.8. The maximum atomic E-state index is 9.47. The van der Waals surface area contributed by atoms with E-state index < -0.39 is 0 Å². The van der Waals surface area contributed by atoms with Gasteiger partial charge in [-0.25, -0.2) is 0 Å². The third kappa shape index (κ3) is 3.26. The number of hydrogen-bond acceptors (Lipinski definition) is 3. The van der Waals surface area contributed by atoms with Crippen molar-refractivity contribution in [2.75, 3.05) is 13.2 Å². The molecule has 4 nitrogen and oxygen atoms in total. The van der Waals surface area contributed by atoms with Crippen LogP contribution in [0.15, 0.2) is 30.6 Å². The Morgan fingerprint density at radius 2 is 2.10 bits per heavy atom. The largest absolute Gasteiger partial charge is 0.395 e. The maximum absolute atomic E-state index is 9.47. The molecule has 2 aromatic heterocycles. The maximum Gasteiger partial charge on any atom is 0.102 e. The second kappa shape index (κ2) is 7.26. The van der Waals surface area contributed by atoms with E-state index in [1.54, 1.807) is 0 Å². The third-order valence-corrected chi connectivity index (χ3v) is 4.09. The van der Waals surface area contributed by atoms with E-state index in [1.807, 2.05) is 35.0 Å². The van der Waals surface area contributed by atoms with Crippen LogP contribution >= 0.6 is 0 Å². The molecule has 0 amide bonds. The molecule has 0 spiro atoms. The average Bonchev–Trinajstić information content (AvgIpc) is 2.85. The van der Waals surface area contributed by atoms with Crippen molar-refractivity contribution in [3.05, 3.63) is 41.7 Å². The van der Waals surface area contributed by atoms with Gasteiger partial charge in [-0.1, -0.05) is 19.9 Å². The van der Waals surface area contributed by atoms with Gasteiger partial charge >= 0.3 is 0 Å². The van der Waals surface area contributed by atoms with Gasteiger partial charge in [0.25, 0.3) is 0 Å². The molecular weight excluding hydrogens is 262 g/mol. The van der Waals surface area contributed by atoms with Crippen molar-refractivity contribution in [1.29, 1.82) is 5.26 Å². The molecular formula is C17H23N3O. The van der Waals surface area contributed by atoms with Gasteiger partial charge in [-0.3, -0.25) is 4.90 Å². The molecule has 0 fully saturated rings. The Kier molecular flexibility index (Phi) is 5.38. The molecule has 0 unspecified atom stereocenters. The van der Waals surface area contributed by atoms with Gasteiger partial charge in [0.1, 0.15) is 6.07 Å². The Balaban J connectivity index is 2.34. The van der Waals surface area contributed by atoms with Gasteiger partial charge in [0.05, 0.1) is 17.7 Å². The Hall–Kier alpha value is -1.83.